The Morgan fingerprint density at radius 3 is 2.09 bits per heavy atom. The highest BCUT2D eigenvalue weighted by atomic mass is 16.6. The van der Waals surface area contributed by atoms with Gasteiger partial charge in [0, 0.05) is 11.1 Å². The molecule has 3 amide bonds. The minimum absolute atomic E-state index is 0.0140. The number of carbonyl (C=O) groups excluding carboxylic acids is 3. The first-order chi connectivity index (χ1) is 15.6. The molecule has 2 aliphatic rings. The van der Waals surface area contributed by atoms with Crippen LogP contribution in [0.3, 0.4) is 0 Å². The van der Waals surface area contributed by atoms with Gasteiger partial charge in [-0.3, -0.25) is 9.59 Å². The van der Waals surface area contributed by atoms with Crippen molar-refractivity contribution in [2.24, 2.45) is 0 Å². The van der Waals surface area contributed by atoms with Gasteiger partial charge in [-0.05, 0) is 17.7 Å². The number of imide groups is 1. The fourth-order valence-corrected chi connectivity index (χ4v) is 4.11. The normalized spacial score (nSPS) is 15.9. The zero-order valence-corrected chi connectivity index (χ0v) is 17.1. The number of fused-ring (bicyclic) bond motifs is 2. The quantitative estimate of drug-likeness (QED) is 0.669. The van der Waals surface area contributed by atoms with Crippen molar-refractivity contribution in [2.45, 2.75) is 12.0 Å². The number of ether oxygens (including phenoxy) is 2. The van der Waals surface area contributed by atoms with Crippen molar-refractivity contribution in [3.8, 4) is 11.5 Å². The van der Waals surface area contributed by atoms with Gasteiger partial charge in [-0.25, -0.2) is 9.69 Å². The van der Waals surface area contributed by atoms with Gasteiger partial charge in [0.1, 0.15) is 11.5 Å². The van der Waals surface area contributed by atoms with Crippen LogP contribution in [0.15, 0.2) is 78.9 Å². The summed E-state index contributed by atoms with van der Waals surface area (Å²) in [6.07, 6.45) is -0.702. The molecule has 2 aliphatic heterocycles. The average Bonchev–Trinajstić information content (AvgIpc) is 3.14. The predicted molar refractivity (Wildman–Crippen MR) is 115 cm³/mol. The van der Waals surface area contributed by atoms with E-state index >= 15 is 0 Å². The van der Waals surface area contributed by atoms with Crippen LogP contribution in [-0.4, -0.2) is 36.0 Å². The lowest BCUT2D eigenvalue weighted by atomic mass is 9.87. The second kappa shape index (κ2) is 8.19. The van der Waals surface area contributed by atoms with E-state index in [9.17, 15) is 14.4 Å². The number of nitrogens with one attached hydrogen (secondary N) is 1. The lowest BCUT2D eigenvalue weighted by Crippen LogP contribution is -2.42. The molecule has 0 saturated carbocycles. The number of carbonyl (C=O) groups is 3. The van der Waals surface area contributed by atoms with Gasteiger partial charge in [0.05, 0.1) is 18.5 Å². The second-order valence-corrected chi connectivity index (χ2v) is 7.64. The van der Waals surface area contributed by atoms with Crippen molar-refractivity contribution in [1.29, 1.82) is 0 Å². The van der Waals surface area contributed by atoms with Gasteiger partial charge in [-0.1, -0.05) is 66.7 Å². The number of para-hydroxylation sites is 2. The van der Waals surface area contributed by atoms with E-state index in [1.165, 1.54) is 0 Å². The first kappa shape index (κ1) is 19.8. The summed E-state index contributed by atoms with van der Waals surface area (Å²) < 4.78 is 10.8. The van der Waals surface area contributed by atoms with Gasteiger partial charge in [0.15, 0.2) is 6.61 Å². The smallest absolute Gasteiger partial charge is 0.417 e. The maximum atomic E-state index is 13.7. The molecule has 1 saturated heterocycles. The van der Waals surface area contributed by atoms with E-state index in [1.807, 2.05) is 78.9 Å². The molecule has 2 heterocycles. The predicted octanol–water partition coefficient (Wildman–Crippen LogP) is 3.76. The highest BCUT2D eigenvalue weighted by Gasteiger charge is 2.37. The summed E-state index contributed by atoms with van der Waals surface area (Å²) in [4.78, 5) is 38.8. The molecule has 32 heavy (non-hydrogen) atoms. The summed E-state index contributed by atoms with van der Waals surface area (Å²) >= 11 is 0. The molecule has 0 radical (unpaired) electrons. The molecule has 7 nitrogen and oxygen atoms in total. The Morgan fingerprint density at radius 1 is 0.906 bits per heavy atom. The Labute approximate surface area is 184 Å². The standard InChI is InChI=1S/C25H20N2O5/c28-22-15-31-25(30)27(22)14-19(16-8-2-1-3-9-16)26-24(29)23-17-10-4-6-12-20(17)32-21-13-7-5-11-18(21)23/h1-13,19,23H,14-15H2,(H,26,29). The van der Waals surface area contributed by atoms with E-state index < -0.39 is 24.0 Å². The van der Waals surface area contributed by atoms with Crippen molar-refractivity contribution in [2.75, 3.05) is 13.2 Å². The summed E-state index contributed by atoms with van der Waals surface area (Å²) in [6, 6.07) is 23.5. The molecule has 5 rings (SSSR count). The van der Waals surface area contributed by atoms with Crippen LogP contribution in [0.1, 0.15) is 28.7 Å². The van der Waals surface area contributed by atoms with E-state index in [2.05, 4.69) is 5.32 Å². The highest BCUT2D eigenvalue weighted by molar-refractivity contribution is 5.98. The lowest BCUT2D eigenvalue weighted by molar-refractivity contribution is -0.127. The monoisotopic (exact) mass is 428 g/mol. The number of amides is 3. The maximum absolute atomic E-state index is 13.7. The minimum atomic E-state index is -0.702. The van der Waals surface area contributed by atoms with Crippen LogP contribution in [0.4, 0.5) is 4.79 Å². The van der Waals surface area contributed by atoms with Gasteiger partial charge in [-0.2, -0.15) is 0 Å². The number of hydrogen-bond acceptors (Lipinski definition) is 5. The summed E-state index contributed by atoms with van der Waals surface area (Å²) in [6.45, 7) is -0.297. The van der Waals surface area contributed by atoms with Crippen LogP contribution >= 0.6 is 0 Å². The molecule has 3 aromatic carbocycles. The summed E-state index contributed by atoms with van der Waals surface area (Å²) in [5.41, 5.74) is 2.29. The summed E-state index contributed by atoms with van der Waals surface area (Å²) in [7, 11) is 0. The average molecular weight is 428 g/mol. The molecule has 1 atom stereocenters. The Kier molecular flexibility index (Phi) is 5.07. The SMILES string of the molecule is O=C(NC(CN1C(=O)COC1=O)c1ccccc1)C1c2ccccc2Oc2ccccc21. The zero-order chi connectivity index (χ0) is 22.1. The van der Waals surface area contributed by atoms with Crippen LogP contribution in [0, 0.1) is 0 Å². The molecule has 1 N–H and O–H groups in total. The Bertz CT molecular complexity index is 1130. The first-order valence-corrected chi connectivity index (χ1v) is 10.3. The number of benzene rings is 3. The topological polar surface area (TPSA) is 84.9 Å². The molecule has 7 heteroatoms. The lowest BCUT2D eigenvalue weighted by Gasteiger charge is -2.30. The third-order valence-electron chi connectivity index (χ3n) is 5.67. The van der Waals surface area contributed by atoms with Gasteiger partial charge in [0.2, 0.25) is 5.91 Å². The number of rotatable bonds is 5. The maximum Gasteiger partial charge on any atom is 0.417 e. The molecule has 0 aromatic heterocycles. The van der Waals surface area contributed by atoms with Crippen LogP contribution in [0.5, 0.6) is 11.5 Å². The fourth-order valence-electron chi connectivity index (χ4n) is 4.11. The molecule has 1 unspecified atom stereocenters. The molecule has 0 aliphatic carbocycles. The molecule has 1 fully saturated rings. The zero-order valence-electron chi connectivity index (χ0n) is 17.1. The molecule has 160 valence electrons. The Balaban J connectivity index is 1.49. The fraction of sp³-hybridized carbons (Fsp3) is 0.160. The largest absolute Gasteiger partial charge is 0.457 e. The van der Waals surface area contributed by atoms with Gasteiger partial charge < -0.3 is 14.8 Å². The molecule has 3 aromatic rings. The van der Waals surface area contributed by atoms with Crippen LogP contribution in [0.25, 0.3) is 0 Å². The number of hydrogen-bond donors (Lipinski definition) is 1. The van der Waals surface area contributed by atoms with Crippen LogP contribution < -0.4 is 10.1 Å². The van der Waals surface area contributed by atoms with Crippen molar-refractivity contribution in [3.05, 3.63) is 95.6 Å². The summed E-state index contributed by atoms with van der Waals surface area (Å²) in [5.74, 6) is -0.0144. The third kappa shape index (κ3) is 3.58. The molecule has 0 bridgehead atoms. The minimum Gasteiger partial charge on any atom is -0.457 e. The first-order valence-electron chi connectivity index (χ1n) is 10.3. The van der Waals surface area contributed by atoms with Gasteiger partial charge >= 0.3 is 6.09 Å². The Morgan fingerprint density at radius 2 is 1.50 bits per heavy atom. The Hall–Kier alpha value is -4.13. The third-order valence-corrected chi connectivity index (χ3v) is 5.67. The van der Waals surface area contributed by atoms with E-state index in [0.29, 0.717) is 11.5 Å². The molecule has 0 spiro atoms. The number of nitrogens with zero attached hydrogens (tertiary/aromatic N) is 1. The van der Waals surface area contributed by atoms with E-state index in [-0.39, 0.29) is 19.1 Å². The van der Waals surface area contributed by atoms with E-state index in [0.717, 1.165) is 21.6 Å². The highest BCUT2D eigenvalue weighted by Crippen LogP contribution is 2.44. The van der Waals surface area contributed by atoms with Gasteiger partial charge in [-0.15, -0.1) is 0 Å². The van der Waals surface area contributed by atoms with Crippen LogP contribution in [-0.2, 0) is 14.3 Å². The van der Waals surface area contributed by atoms with Crippen molar-refractivity contribution in [1.82, 2.24) is 10.2 Å². The van der Waals surface area contributed by atoms with E-state index in [4.69, 9.17) is 9.47 Å². The van der Waals surface area contributed by atoms with Crippen LogP contribution in [0.2, 0.25) is 0 Å². The second-order valence-electron chi connectivity index (χ2n) is 7.64. The molecular weight excluding hydrogens is 408 g/mol. The molecular formula is C25H20N2O5. The van der Waals surface area contributed by atoms with Crippen molar-refractivity contribution in [3.63, 3.8) is 0 Å². The van der Waals surface area contributed by atoms with Crippen molar-refractivity contribution >= 4 is 17.9 Å². The summed E-state index contributed by atoms with van der Waals surface area (Å²) in [5, 5.41) is 3.06. The van der Waals surface area contributed by atoms with E-state index in [1.54, 1.807) is 0 Å². The number of cyclic esters (lactones) is 1. The van der Waals surface area contributed by atoms with Gasteiger partial charge in [0.25, 0.3) is 5.91 Å². The van der Waals surface area contributed by atoms with Crippen molar-refractivity contribution < 1.29 is 23.9 Å².